The molecule has 1 unspecified atom stereocenters. The Morgan fingerprint density at radius 1 is 0.852 bits per heavy atom. The van der Waals surface area contributed by atoms with Gasteiger partial charge < -0.3 is 25.6 Å². The van der Waals surface area contributed by atoms with E-state index in [1.54, 1.807) is 60.4 Å². The quantitative estimate of drug-likeness (QED) is 0.0717. The van der Waals surface area contributed by atoms with Gasteiger partial charge in [0.15, 0.2) is 0 Å². The Kier molecular flexibility index (Phi) is 12.1. The second kappa shape index (κ2) is 17.2. The van der Waals surface area contributed by atoms with E-state index in [9.17, 15) is 24.0 Å². The highest BCUT2D eigenvalue weighted by molar-refractivity contribution is 8.00. The zero-order valence-corrected chi connectivity index (χ0v) is 31.5. The molecule has 0 bridgehead atoms. The zero-order chi connectivity index (χ0) is 38.2. The molecule has 3 N–H and O–H groups in total. The van der Waals surface area contributed by atoms with Gasteiger partial charge in [-0.1, -0.05) is 78.9 Å². The average Bonchev–Trinajstić information content (AvgIpc) is 3.55. The summed E-state index contributed by atoms with van der Waals surface area (Å²) in [5.74, 6) is -1.88. The number of carbonyl (C=O) groups excluding carboxylic acids is 5. The number of rotatable bonds is 11. The minimum atomic E-state index is -0.589. The Morgan fingerprint density at radius 2 is 1.54 bits per heavy atom. The molecule has 0 saturated carbocycles. The van der Waals surface area contributed by atoms with Crippen molar-refractivity contribution in [1.82, 2.24) is 10.2 Å². The lowest BCUT2D eigenvalue weighted by molar-refractivity contribution is -0.129. The number of thioether (sulfide) groups is 1. The molecule has 0 radical (unpaired) electrons. The highest BCUT2D eigenvalue weighted by Crippen LogP contribution is 2.38. The molecular formula is C42H38N4O6S2. The van der Waals surface area contributed by atoms with Crippen LogP contribution in [0.4, 0.5) is 10.7 Å². The molecule has 10 nitrogen and oxygen atoms in total. The zero-order valence-electron chi connectivity index (χ0n) is 29.9. The van der Waals surface area contributed by atoms with Crippen molar-refractivity contribution in [2.75, 3.05) is 24.3 Å². The van der Waals surface area contributed by atoms with E-state index in [0.29, 0.717) is 46.2 Å². The van der Waals surface area contributed by atoms with Crippen LogP contribution in [0, 0.1) is 0 Å². The van der Waals surface area contributed by atoms with E-state index in [1.165, 1.54) is 37.1 Å². The standard InChI is InChI=1S/C42H38N4O6S2/c1-26(38(48)45-41-37(42(51)52-3)34-21-22-46(27(2)47)25-36(34)54-41)53-33-16-10-15-32(24-33)43-40(50)35(44-39(49)31-13-8-5-9-14-31)23-28-17-19-30(20-18-28)29-11-6-4-7-12-29/h4-20,23-24,26H,21-22,25H2,1-3H3,(H,43,50)(H,44,49)(H,45,48)/b35-23+. The van der Waals surface area contributed by atoms with Crippen LogP contribution in [0.1, 0.15) is 50.6 Å². The fourth-order valence-electron chi connectivity index (χ4n) is 5.91. The van der Waals surface area contributed by atoms with E-state index >= 15 is 0 Å². The number of thiophene rings is 1. The predicted molar refractivity (Wildman–Crippen MR) is 213 cm³/mol. The van der Waals surface area contributed by atoms with Crippen molar-refractivity contribution in [2.24, 2.45) is 0 Å². The SMILES string of the molecule is COC(=O)c1c(NC(=O)C(C)Sc2cccc(NC(=O)/C(=C\c3ccc(-c4ccccc4)cc3)NC(=O)c3ccccc3)c2)sc2c1CCN(C(C)=O)C2. The third-order valence-electron chi connectivity index (χ3n) is 8.76. The summed E-state index contributed by atoms with van der Waals surface area (Å²) in [6.45, 7) is 4.10. The molecule has 54 heavy (non-hydrogen) atoms. The fourth-order valence-corrected chi connectivity index (χ4v) is 8.09. The van der Waals surface area contributed by atoms with Gasteiger partial charge in [-0.15, -0.1) is 23.1 Å². The van der Waals surface area contributed by atoms with Crippen LogP contribution in [0.3, 0.4) is 0 Å². The maximum Gasteiger partial charge on any atom is 0.341 e. The minimum Gasteiger partial charge on any atom is -0.465 e. The van der Waals surface area contributed by atoms with Crippen LogP contribution in [0.25, 0.3) is 17.2 Å². The smallest absolute Gasteiger partial charge is 0.341 e. The molecule has 5 aromatic rings. The van der Waals surface area contributed by atoms with Crippen LogP contribution in [0.2, 0.25) is 0 Å². The molecule has 1 aliphatic rings. The number of amides is 4. The maximum atomic E-state index is 13.7. The van der Waals surface area contributed by atoms with E-state index < -0.39 is 23.0 Å². The predicted octanol–water partition coefficient (Wildman–Crippen LogP) is 7.64. The van der Waals surface area contributed by atoms with Gasteiger partial charge in [-0.05, 0) is 72.0 Å². The van der Waals surface area contributed by atoms with Crippen LogP contribution in [-0.2, 0) is 32.1 Å². The van der Waals surface area contributed by atoms with Crippen molar-refractivity contribution >= 4 is 69.5 Å². The van der Waals surface area contributed by atoms with E-state index in [0.717, 1.165) is 27.1 Å². The van der Waals surface area contributed by atoms with Crippen LogP contribution >= 0.6 is 23.1 Å². The van der Waals surface area contributed by atoms with E-state index in [-0.39, 0.29) is 17.5 Å². The van der Waals surface area contributed by atoms with Crippen molar-refractivity contribution in [3.05, 3.63) is 142 Å². The Balaban J connectivity index is 1.17. The highest BCUT2D eigenvalue weighted by Gasteiger charge is 2.31. The van der Waals surface area contributed by atoms with Crippen molar-refractivity contribution in [3.63, 3.8) is 0 Å². The molecule has 0 spiro atoms. The first-order valence-corrected chi connectivity index (χ1v) is 18.9. The van der Waals surface area contributed by atoms with Gasteiger partial charge >= 0.3 is 5.97 Å². The molecule has 2 heterocycles. The lowest BCUT2D eigenvalue weighted by Crippen LogP contribution is -2.33. The Labute approximate surface area is 321 Å². The first-order chi connectivity index (χ1) is 26.1. The third kappa shape index (κ3) is 9.14. The van der Waals surface area contributed by atoms with Gasteiger partial charge in [0.25, 0.3) is 11.8 Å². The minimum absolute atomic E-state index is 0.0496. The van der Waals surface area contributed by atoms with Crippen molar-refractivity contribution in [3.8, 4) is 11.1 Å². The summed E-state index contributed by atoms with van der Waals surface area (Å²) in [6, 6.07) is 33.3. The summed E-state index contributed by atoms with van der Waals surface area (Å²) in [7, 11) is 1.30. The number of esters is 1. The van der Waals surface area contributed by atoms with Crippen LogP contribution < -0.4 is 16.0 Å². The normalized spacial score (nSPS) is 12.9. The van der Waals surface area contributed by atoms with Gasteiger partial charge in [-0.25, -0.2) is 4.79 Å². The summed E-state index contributed by atoms with van der Waals surface area (Å²) >= 11 is 2.55. The lowest BCUT2D eigenvalue weighted by atomic mass is 10.0. The topological polar surface area (TPSA) is 134 Å². The van der Waals surface area contributed by atoms with Gasteiger partial charge in [0.1, 0.15) is 10.7 Å². The molecule has 4 aromatic carbocycles. The van der Waals surface area contributed by atoms with Crippen molar-refractivity contribution in [1.29, 1.82) is 0 Å². The molecule has 274 valence electrons. The number of hydrogen-bond acceptors (Lipinski definition) is 8. The first-order valence-electron chi connectivity index (χ1n) is 17.2. The van der Waals surface area contributed by atoms with Crippen LogP contribution in [0.15, 0.2) is 120 Å². The summed E-state index contributed by atoms with van der Waals surface area (Å²) in [5, 5.41) is 8.38. The summed E-state index contributed by atoms with van der Waals surface area (Å²) in [4.78, 5) is 68.4. The number of methoxy groups -OCH3 is 1. The lowest BCUT2D eigenvalue weighted by Gasteiger charge is -2.25. The summed E-state index contributed by atoms with van der Waals surface area (Å²) in [5.41, 5.74) is 4.83. The Bertz CT molecular complexity index is 2220. The number of carbonyl (C=O) groups is 5. The molecule has 1 aliphatic heterocycles. The summed E-state index contributed by atoms with van der Waals surface area (Å²) < 4.78 is 5.04. The Morgan fingerprint density at radius 3 is 2.22 bits per heavy atom. The number of ether oxygens (including phenoxy) is 1. The molecule has 12 heteroatoms. The number of anilines is 2. The number of benzene rings is 4. The van der Waals surface area contributed by atoms with Gasteiger partial charge in [-0.2, -0.15) is 0 Å². The number of nitrogens with zero attached hydrogens (tertiary/aromatic N) is 1. The van der Waals surface area contributed by atoms with Gasteiger partial charge in [0.05, 0.1) is 24.5 Å². The molecule has 4 amide bonds. The maximum absolute atomic E-state index is 13.7. The molecule has 0 aliphatic carbocycles. The third-order valence-corrected chi connectivity index (χ3v) is 11.0. The number of nitrogens with one attached hydrogen (secondary N) is 3. The van der Waals surface area contributed by atoms with Crippen molar-refractivity contribution < 1.29 is 28.7 Å². The van der Waals surface area contributed by atoms with Crippen LogP contribution in [-0.4, -0.2) is 53.4 Å². The number of hydrogen-bond donors (Lipinski definition) is 3. The first kappa shape index (κ1) is 37.8. The molecular weight excluding hydrogens is 721 g/mol. The monoisotopic (exact) mass is 758 g/mol. The second-order valence-corrected chi connectivity index (χ2v) is 15.0. The van der Waals surface area contributed by atoms with E-state index in [4.69, 9.17) is 4.74 Å². The second-order valence-electron chi connectivity index (χ2n) is 12.5. The van der Waals surface area contributed by atoms with Gasteiger partial charge in [0.2, 0.25) is 11.8 Å². The molecule has 1 atom stereocenters. The largest absolute Gasteiger partial charge is 0.465 e. The molecule has 6 rings (SSSR count). The molecule has 1 aromatic heterocycles. The van der Waals surface area contributed by atoms with E-state index in [1.807, 2.05) is 66.7 Å². The summed E-state index contributed by atoms with van der Waals surface area (Å²) in [6.07, 6.45) is 2.11. The molecule has 0 fully saturated rings. The van der Waals surface area contributed by atoms with E-state index in [2.05, 4.69) is 16.0 Å². The van der Waals surface area contributed by atoms with Crippen LogP contribution in [0.5, 0.6) is 0 Å². The van der Waals surface area contributed by atoms with Crippen molar-refractivity contribution in [2.45, 2.75) is 37.0 Å². The van der Waals surface area contributed by atoms with Gasteiger partial charge in [0, 0.05) is 34.5 Å². The number of fused-ring (bicyclic) bond motifs is 1. The fraction of sp³-hybridized carbons (Fsp3) is 0.167. The average molecular weight is 759 g/mol. The van der Waals surface area contributed by atoms with Gasteiger partial charge in [-0.3, -0.25) is 19.2 Å². The highest BCUT2D eigenvalue weighted by atomic mass is 32.2. The molecule has 0 saturated heterocycles. The Hall–Kier alpha value is -5.98.